The second-order valence-corrected chi connectivity index (χ2v) is 10.0. The number of carbonyl (C=O) groups excluding carboxylic acids is 1. The van der Waals surface area contributed by atoms with Crippen molar-refractivity contribution in [1.82, 2.24) is 0 Å². The highest BCUT2D eigenvalue weighted by molar-refractivity contribution is 7.92. The number of nitrogens with zero attached hydrogens (tertiary/aromatic N) is 1. The van der Waals surface area contributed by atoms with Crippen LogP contribution in [-0.2, 0) is 14.8 Å². The molecule has 0 radical (unpaired) electrons. The molecule has 2 aromatic carbocycles. The Morgan fingerprint density at radius 2 is 1.68 bits per heavy atom. The summed E-state index contributed by atoms with van der Waals surface area (Å²) in [4.78, 5) is 14.7. The van der Waals surface area contributed by atoms with Crippen LogP contribution in [0.4, 0.5) is 17.1 Å². The fraction of sp³-hybridized carbons (Fsp3) is 0.435. The van der Waals surface area contributed by atoms with Crippen LogP contribution in [0.3, 0.4) is 0 Å². The summed E-state index contributed by atoms with van der Waals surface area (Å²) < 4.78 is 34.6. The number of hydrogen-bond acceptors (Lipinski definition) is 5. The molecule has 2 fully saturated rings. The molecule has 0 unspecified atom stereocenters. The van der Waals surface area contributed by atoms with Crippen molar-refractivity contribution < 1.29 is 17.9 Å². The van der Waals surface area contributed by atoms with Crippen LogP contribution in [0.1, 0.15) is 32.6 Å². The van der Waals surface area contributed by atoms with Crippen molar-refractivity contribution in [2.24, 2.45) is 11.8 Å². The maximum absolute atomic E-state index is 13.4. The minimum atomic E-state index is -3.87. The quantitative estimate of drug-likeness (QED) is 0.673. The maximum Gasteiger partial charge on any atom is 0.264 e. The van der Waals surface area contributed by atoms with Gasteiger partial charge in [0, 0.05) is 30.4 Å². The topological polar surface area (TPSA) is 87.7 Å². The molecule has 7 nitrogen and oxygen atoms in total. The molecule has 8 heteroatoms. The van der Waals surface area contributed by atoms with Gasteiger partial charge in [-0.3, -0.25) is 9.52 Å². The molecule has 4 rings (SSSR count). The number of rotatable bonds is 7. The number of nitrogens with one attached hydrogen (secondary N) is 2. The van der Waals surface area contributed by atoms with Gasteiger partial charge >= 0.3 is 0 Å². The predicted molar refractivity (Wildman–Crippen MR) is 122 cm³/mol. The van der Waals surface area contributed by atoms with Crippen LogP contribution >= 0.6 is 0 Å². The van der Waals surface area contributed by atoms with Crippen LogP contribution in [0.2, 0.25) is 0 Å². The number of anilines is 3. The average Bonchev–Trinajstić information content (AvgIpc) is 3.51. The number of ether oxygens (including phenoxy) is 1. The lowest BCUT2D eigenvalue weighted by Gasteiger charge is -2.30. The first-order valence-electron chi connectivity index (χ1n) is 10.7. The number of methoxy groups -OCH3 is 1. The average molecular weight is 444 g/mol. The molecule has 1 amide bonds. The number of amides is 1. The van der Waals surface area contributed by atoms with Crippen molar-refractivity contribution in [2.45, 2.75) is 37.5 Å². The van der Waals surface area contributed by atoms with Gasteiger partial charge in [-0.1, -0.05) is 6.92 Å². The van der Waals surface area contributed by atoms with E-state index in [0.29, 0.717) is 28.7 Å². The Bertz CT molecular complexity index is 1050. The number of hydrogen-bond donors (Lipinski definition) is 2. The molecule has 2 aromatic rings. The summed E-state index contributed by atoms with van der Waals surface area (Å²) in [5.41, 5.74) is 1.62. The monoisotopic (exact) mass is 443 g/mol. The molecule has 1 aliphatic carbocycles. The van der Waals surface area contributed by atoms with E-state index in [1.807, 2.05) is 6.92 Å². The molecule has 2 aliphatic rings. The minimum Gasteiger partial charge on any atom is -0.497 e. The van der Waals surface area contributed by atoms with Crippen molar-refractivity contribution in [2.75, 3.05) is 35.1 Å². The van der Waals surface area contributed by atoms with Gasteiger partial charge in [-0.2, -0.15) is 0 Å². The van der Waals surface area contributed by atoms with E-state index in [-0.39, 0.29) is 16.7 Å². The highest BCUT2D eigenvalue weighted by Crippen LogP contribution is 2.39. The molecule has 1 heterocycles. The minimum absolute atomic E-state index is 0.0132. The molecule has 0 spiro atoms. The molecule has 2 atom stereocenters. The van der Waals surface area contributed by atoms with E-state index in [1.54, 1.807) is 49.6 Å². The molecule has 1 aliphatic heterocycles. The summed E-state index contributed by atoms with van der Waals surface area (Å²) in [6, 6.07) is 11.9. The third-order valence-electron chi connectivity index (χ3n) is 6.00. The zero-order chi connectivity index (χ0) is 22.0. The van der Waals surface area contributed by atoms with Gasteiger partial charge in [0.2, 0.25) is 5.91 Å². The number of sulfonamides is 1. The Kier molecular flexibility index (Phi) is 6.09. The van der Waals surface area contributed by atoms with E-state index in [0.717, 1.165) is 38.8 Å². The fourth-order valence-electron chi connectivity index (χ4n) is 3.99. The summed E-state index contributed by atoms with van der Waals surface area (Å²) >= 11 is 0. The molecular formula is C23H29N3O4S. The first-order chi connectivity index (χ1) is 14.9. The van der Waals surface area contributed by atoms with Gasteiger partial charge in [0.05, 0.1) is 12.8 Å². The third-order valence-corrected chi connectivity index (χ3v) is 7.41. The van der Waals surface area contributed by atoms with Crippen LogP contribution in [0.15, 0.2) is 47.4 Å². The third kappa shape index (κ3) is 4.95. The van der Waals surface area contributed by atoms with Gasteiger partial charge in [-0.25, -0.2) is 8.42 Å². The predicted octanol–water partition coefficient (Wildman–Crippen LogP) is 4.08. The van der Waals surface area contributed by atoms with Gasteiger partial charge in [-0.15, -0.1) is 0 Å². The molecule has 2 N–H and O–H groups in total. The lowest BCUT2D eigenvalue weighted by Crippen LogP contribution is -2.31. The first-order valence-corrected chi connectivity index (χ1v) is 12.2. The summed E-state index contributed by atoms with van der Waals surface area (Å²) in [5, 5.41) is 2.89. The Morgan fingerprint density at radius 1 is 1.03 bits per heavy atom. The summed E-state index contributed by atoms with van der Waals surface area (Å²) in [7, 11) is -2.31. The van der Waals surface area contributed by atoms with Crippen LogP contribution in [0, 0.1) is 11.8 Å². The Morgan fingerprint density at radius 3 is 2.29 bits per heavy atom. The van der Waals surface area contributed by atoms with Crippen molar-refractivity contribution >= 4 is 33.0 Å². The van der Waals surface area contributed by atoms with Crippen molar-refractivity contribution in [3.63, 3.8) is 0 Å². The van der Waals surface area contributed by atoms with Crippen LogP contribution < -0.4 is 19.7 Å². The van der Waals surface area contributed by atoms with E-state index < -0.39 is 10.0 Å². The van der Waals surface area contributed by atoms with Crippen LogP contribution in [-0.4, -0.2) is 34.5 Å². The Labute approximate surface area is 183 Å². The molecule has 166 valence electrons. The summed E-state index contributed by atoms with van der Waals surface area (Å²) in [6.07, 6.45) is 4.09. The summed E-state index contributed by atoms with van der Waals surface area (Å²) in [6.45, 7) is 3.67. The zero-order valence-corrected chi connectivity index (χ0v) is 18.7. The Balaban J connectivity index is 1.65. The van der Waals surface area contributed by atoms with Gasteiger partial charge in [0.1, 0.15) is 10.6 Å². The Hall–Kier alpha value is -2.74. The van der Waals surface area contributed by atoms with Gasteiger partial charge in [0.15, 0.2) is 0 Å². The van der Waals surface area contributed by atoms with E-state index in [4.69, 9.17) is 4.74 Å². The number of carbonyl (C=O) groups is 1. The lowest BCUT2D eigenvalue weighted by atomic mass is 10.1. The van der Waals surface area contributed by atoms with Crippen LogP contribution in [0.25, 0.3) is 0 Å². The van der Waals surface area contributed by atoms with Crippen molar-refractivity contribution in [3.8, 4) is 5.75 Å². The summed E-state index contributed by atoms with van der Waals surface area (Å²) in [5.74, 6) is 0.993. The lowest BCUT2D eigenvalue weighted by molar-refractivity contribution is -0.117. The number of benzene rings is 2. The largest absolute Gasteiger partial charge is 0.497 e. The van der Waals surface area contributed by atoms with E-state index >= 15 is 0 Å². The van der Waals surface area contributed by atoms with E-state index in [2.05, 4.69) is 14.9 Å². The fourth-order valence-corrected chi connectivity index (χ4v) is 5.31. The second kappa shape index (κ2) is 8.78. The second-order valence-electron chi connectivity index (χ2n) is 8.37. The normalized spacial score (nSPS) is 20.8. The molecule has 0 bridgehead atoms. The molecule has 31 heavy (non-hydrogen) atoms. The molecule has 0 aromatic heterocycles. The molecule has 1 saturated carbocycles. The van der Waals surface area contributed by atoms with E-state index in [1.165, 1.54) is 0 Å². The standard InChI is InChI=1S/C23H29N3O4S/c1-16-14-20(16)23(27)24-18-8-11-21(26-12-4-3-5-13-26)22(15-18)31(28,29)25-17-6-9-19(30-2)10-7-17/h6-11,15-16,20,25H,3-5,12-14H2,1-2H3,(H,24,27)/t16-,20-/m0/s1. The van der Waals surface area contributed by atoms with Gasteiger partial charge < -0.3 is 15.0 Å². The van der Waals surface area contributed by atoms with Crippen molar-refractivity contribution in [1.29, 1.82) is 0 Å². The number of piperidine rings is 1. The highest BCUT2D eigenvalue weighted by Gasteiger charge is 2.39. The zero-order valence-electron chi connectivity index (χ0n) is 17.9. The molecular weight excluding hydrogens is 414 g/mol. The smallest absolute Gasteiger partial charge is 0.264 e. The van der Waals surface area contributed by atoms with Crippen LogP contribution in [0.5, 0.6) is 5.75 Å². The maximum atomic E-state index is 13.4. The van der Waals surface area contributed by atoms with Crippen molar-refractivity contribution in [3.05, 3.63) is 42.5 Å². The SMILES string of the molecule is COc1ccc(NS(=O)(=O)c2cc(NC(=O)[C@H]3C[C@@H]3C)ccc2N2CCCCC2)cc1. The molecule has 1 saturated heterocycles. The van der Waals surface area contributed by atoms with Gasteiger partial charge in [-0.05, 0) is 74.1 Å². The van der Waals surface area contributed by atoms with Gasteiger partial charge in [0.25, 0.3) is 10.0 Å². The highest BCUT2D eigenvalue weighted by atomic mass is 32.2. The van der Waals surface area contributed by atoms with E-state index in [9.17, 15) is 13.2 Å². The first kappa shape index (κ1) is 21.5.